The van der Waals surface area contributed by atoms with Crippen LogP contribution in [-0.2, 0) is 10.3 Å². The van der Waals surface area contributed by atoms with Gasteiger partial charge in [-0.15, -0.1) is 0 Å². The molecule has 0 fully saturated rings. The molecule has 0 amide bonds. The van der Waals surface area contributed by atoms with Crippen LogP contribution in [0.25, 0.3) is 0 Å². The van der Waals surface area contributed by atoms with Crippen LogP contribution >= 0.6 is 0 Å². The molecule has 2 heteroatoms. The monoisotopic (exact) mass is 249 g/mol. The Morgan fingerprint density at radius 2 is 1.72 bits per heavy atom. The van der Waals surface area contributed by atoms with Gasteiger partial charge in [-0.1, -0.05) is 57.0 Å². The van der Waals surface area contributed by atoms with Crippen molar-refractivity contribution >= 4 is 0 Å². The van der Waals surface area contributed by atoms with Crippen molar-refractivity contribution in [1.29, 1.82) is 0 Å². The Morgan fingerprint density at radius 1 is 1.00 bits per heavy atom. The number of hydrogen-bond donors (Lipinski definition) is 1. The summed E-state index contributed by atoms with van der Waals surface area (Å²) in [6.07, 6.45) is 5.32. The topological polar surface area (TPSA) is 35.2 Å². The van der Waals surface area contributed by atoms with E-state index in [1.54, 1.807) is 0 Å². The second-order valence-corrected chi connectivity index (χ2v) is 4.99. The summed E-state index contributed by atoms with van der Waals surface area (Å²) in [6, 6.07) is 10.4. The molecule has 1 atom stereocenters. The van der Waals surface area contributed by atoms with E-state index in [-0.39, 0.29) is 5.54 Å². The molecule has 0 saturated carbocycles. The maximum atomic E-state index is 6.56. The van der Waals surface area contributed by atoms with Crippen LogP contribution in [0.2, 0.25) is 0 Å². The predicted molar refractivity (Wildman–Crippen MR) is 77.6 cm³/mol. The highest BCUT2D eigenvalue weighted by Crippen LogP contribution is 2.27. The Bertz CT molecular complexity index is 312. The number of rotatable bonds is 9. The van der Waals surface area contributed by atoms with Gasteiger partial charge in [0.2, 0.25) is 0 Å². The molecular formula is C16H27NO. The molecule has 1 aromatic rings. The first-order chi connectivity index (χ1) is 8.73. The molecule has 0 heterocycles. The summed E-state index contributed by atoms with van der Waals surface area (Å²) in [5.41, 5.74) is 7.56. The third kappa shape index (κ3) is 4.79. The summed E-state index contributed by atoms with van der Waals surface area (Å²) < 4.78 is 5.66. The molecular weight excluding hydrogens is 222 g/mol. The maximum absolute atomic E-state index is 6.56. The fourth-order valence-corrected chi connectivity index (χ4v) is 2.23. The molecule has 102 valence electrons. The van der Waals surface area contributed by atoms with Gasteiger partial charge in [-0.3, -0.25) is 0 Å². The van der Waals surface area contributed by atoms with Crippen LogP contribution in [-0.4, -0.2) is 13.2 Å². The molecule has 0 aromatic heterocycles. The summed E-state index contributed by atoms with van der Waals surface area (Å²) in [4.78, 5) is 0. The van der Waals surface area contributed by atoms with Gasteiger partial charge in [-0.05, 0) is 24.8 Å². The second-order valence-electron chi connectivity index (χ2n) is 4.99. The number of ether oxygens (including phenoxy) is 1. The van der Waals surface area contributed by atoms with Gasteiger partial charge in [0.05, 0.1) is 0 Å². The Hall–Kier alpha value is -0.860. The highest BCUT2D eigenvalue weighted by Gasteiger charge is 2.25. The summed E-state index contributed by atoms with van der Waals surface area (Å²) >= 11 is 0. The molecule has 18 heavy (non-hydrogen) atoms. The first-order valence-corrected chi connectivity index (χ1v) is 7.15. The lowest BCUT2D eigenvalue weighted by Crippen LogP contribution is -2.37. The summed E-state index contributed by atoms with van der Waals surface area (Å²) in [6.45, 7) is 5.97. The van der Waals surface area contributed by atoms with Gasteiger partial charge in [-0.25, -0.2) is 0 Å². The van der Waals surface area contributed by atoms with Gasteiger partial charge in [0.15, 0.2) is 0 Å². The van der Waals surface area contributed by atoms with Crippen molar-refractivity contribution in [3.05, 3.63) is 35.9 Å². The lowest BCUT2D eigenvalue weighted by molar-refractivity contribution is 0.109. The zero-order valence-electron chi connectivity index (χ0n) is 11.8. The lowest BCUT2D eigenvalue weighted by atomic mass is 9.84. The van der Waals surface area contributed by atoms with Crippen LogP contribution in [0.5, 0.6) is 0 Å². The summed E-state index contributed by atoms with van der Waals surface area (Å²) in [7, 11) is 0. The lowest BCUT2D eigenvalue weighted by Gasteiger charge is -2.30. The molecule has 1 aromatic carbocycles. The quantitative estimate of drug-likeness (QED) is 0.675. The van der Waals surface area contributed by atoms with E-state index in [0.29, 0.717) is 0 Å². The van der Waals surface area contributed by atoms with Gasteiger partial charge in [0.25, 0.3) is 0 Å². The Labute approximate surface area is 112 Å². The fraction of sp³-hybridized carbons (Fsp3) is 0.625. The first-order valence-electron chi connectivity index (χ1n) is 7.15. The predicted octanol–water partition coefficient (Wildman–Crippen LogP) is 3.85. The average Bonchev–Trinajstić information content (AvgIpc) is 2.40. The smallest absolute Gasteiger partial charge is 0.0486 e. The molecule has 1 rings (SSSR count). The van der Waals surface area contributed by atoms with Gasteiger partial charge < -0.3 is 10.5 Å². The number of benzene rings is 1. The molecule has 0 aliphatic carbocycles. The number of hydrogen-bond acceptors (Lipinski definition) is 2. The molecule has 0 aliphatic heterocycles. The van der Waals surface area contributed by atoms with Crippen LogP contribution in [0.15, 0.2) is 30.3 Å². The maximum Gasteiger partial charge on any atom is 0.0486 e. The van der Waals surface area contributed by atoms with Crippen LogP contribution in [0.3, 0.4) is 0 Å². The highest BCUT2D eigenvalue weighted by atomic mass is 16.5. The van der Waals surface area contributed by atoms with Crippen LogP contribution in [0.4, 0.5) is 0 Å². The van der Waals surface area contributed by atoms with E-state index >= 15 is 0 Å². The van der Waals surface area contributed by atoms with Crippen molar-refractivity contribution < 1.29 is 4.74 Å². The van der Waals surface area contributed by atoms with E-state index in [1.165, 1.54) is 12.0 Å². The normalized spacial score (nSPS) is 14.4. The minimum atomic E-state index is -0.234. The third-order valence-electron chi connectivity index (χ3n) is 3.38. The van der Waals surface area contributed by atoms with Crippen molar-refractivity contribution in [3.63, 3.8) is 0 Å². The van der Waals surface area contributed by atoms with Crippen molar-refractivity contribution in [3.8, 4) is 0 Å². The van der Waals surface area contributed by atoms with Crippen molar-refractivity contribution in [2.75, 3.05) is 13.2 Å². The van der Waals surface area contributed by atoms with Crippen LogP contribution in [0.1, 0.15) is 51.5 Å². The molecule has 0 radical (unpaired) electrons. The fourth-order valence-electron chi connectivity index (χ4n) is 2.23. The standard InChI is InChI=1S/C16H27NO/c1-3-5-13-18-14-12-16(17,11-4-2)15-9-7-6-8-10-15/h6-10H,3-5,11-14,17H2,1-2H3. The van der Waals surface area contributed by atoms with E-state index in [0.717, 1.165) is 38.9 Å². The summed E-state index contributed by atoms with van der Waals surface area (Å²) in [5.74, 6) is 0. The van der Waals surface area contributed by atoms with E-state index in [1.807, 2.05) is 6.07 Å². The zero-order chi connectivity index (χ0) is 13.3. The van der Waals surface area contributed by atoms with Crippen LogP contribution in [0, 0.1) is 0 Å². The largest absolute Gasteiger partial charge is 0.381 e. The van der Waals surface area contributed by atoms with E-state index in [4.69, 9.17) is 10.5 Å². The van der Waals surface area contributed by atoms with Crippen molar-refractivity contribution in [2.24, 2.45) is 5.73 Å². The first kappa shape index (κ1) is 15.2. The van der Waals surface area contributed by atoms with Gasteiger partial charge >= 0.3 is 0 Å². The average molecular weight is 249 g/mol. The van der Waals surface area contributed by atoms with Crippen LogP contribution < -0.4 is 5.73 Å². The molecule has 1 unspecified atom stereocenters. The molecule has 2 N–H and O–H groups in total. The van der Waals surface area contributed by atoms with Gasteiger partial charge in [0, 0.05) is 18.8 Å². The zero-order valence-corrected chi connectivity index (χ0v) is 11.8. The van der Waals surface area contributed by atoms with Crippen molar-refractivity contribution in [2.45, 2.75) is 51.5 Å². The van der Waals surface area contributed by atoms with Gasteiger partial charge in [-0.2, -0.15) is 0 Å². The molecule has 0 saturated heterocycles. The highest BCUT2D eigenvalue weighted by molar-refractivity contribution is 5.23. The number of unbranched alkanes of at least 4 members (excludes halogenated alkanes) is 1. The third-order valence-corrected chi connectivity index (χ3v) is 3.38. The minimum Gasteiger partial charge on any atom is -0.381 e. The van der Waals surface area contributed by atoms with E-state index in [9.17, 15) is 0 Å². The van der Waals surface area contributed by atoms with E-state index < -0.39 is 0 Å². The molecule has 2 nitrogen and oxygen atoms in total. The van der Waals surface area contributed by atoms with Crippen molar-refractivity contribution in [1.82, 2.24) is 0 Å². The van der Waals surface area contributed by atoms with E-state index in [2.05, 4.69) is 38.1 Å². The Balaban J connectivity index is 2.52. The Morgan fingerprint density at radius 3 is 2.33 bits per heavy atom. The SMILES string of the molecule is CCCCOCCC(N)(CCC)c1ccccc1. The second kappa shape index (κ2) is 8.28. The van der Waals surface area contributed by atoms with Gasteiger partial charge in [0.1, 0.15) is 0 Å². The Kier molecular flexibility index (Phi) is 6.99. The molecule has 0 aliphatic rings. The minimum absolute atomic E-state index is 0.234. The summed E-state index contributed by atoms with van der Waals surface area (Å²) in [5, 5.41) is 0. The molecule has 0 bridgehead atoms. The molecule has 0 spiro atoms. The number of nitrogens with two attached hydrogens (primary N) is 1.